The monoisotopic (exact) mass is 662 g/mol. The molecule has 6 nitrogen and oxygen atoms in total. The molecule has 0 unspecified atom stereocenters. The van der Waals surface area contributed by atoms with Crippen molar-refractivity contribution >= 4 is 144 Å². The van der Waals surface area contributed by atoms with Crippen molar-refractivity contribution in [3.05, 3.63) is 86.7 Å². The molecule has 2 heterocycles. The molecule has 0 N–H and O–H groups in total. The van der Waals surface area contributed by atoms with Crippen LogP contribution in [0.3, 0.4) is 0 Å². The van der Waals surface area contributed by atoms with Crippen molar-refractivity contribution in [2.75, 3.05) is 0 Å². The van der Waals surface area contributed by atoms with E-state index in [0.29, 0.717) is 11.4 Å². The fourth-order valence-corrected chi connectivity index (χ4v) is 6.12. The van der Waals surface area contributed by atoms with Crippen molar-refractivity contribution in [3.8, 4) is 0 Å². The zero-order valence-electron chi connectivity index (χ0n) is 18.9. The Morgan fingerprint density at radius 1 is 0.526 bits per heavy atom. The van der Waals surface area contributed by atoms with Crippen LogP contribution in [0.25, 0.3) is 0 Å². The minimum absolute atomic E-state index is 0.00920. The lowest BCUT2D eigenvalue weighted by molar-refractivity contribution is 0.0915. The maximum Gasteiger partial charge on any atom is 0.249 e. The van der Waals surface area contributed by atoms with E-state index in [4.69, 9.17) is 92.8 Å². The molecule has 2 aliphatic rings. The van der Waals surface area contributed by atoms with Gasteiger partial charge in [0.15, 0.2) is 0 Å². The second-order valence-electron chi connectivity index (χ2n) is 8.13. The maximum atomic E-state index is 12.9. The lowest BCUT2D eigenvalue weighted by atomic mass is 10.1. The lowest BCUT2D eigenvalue weighted by Gasteiger charge is -2.13. The van der Waals surface area contributed by atoms with E-state index in [1.54, 1.807) is 24.3 Å². The Hall–Kier alpha value is -1.61. The van der Waals surface area contributed by atoms with E-state index in [2.05, 4.69) is 9.98 Å². The molecule has 38 heavy (non-hydrogen) atoms. The molecule has 0 aliphatic carbocycles. The summed E-state index contributed by atoms with van der Waals surface area (Å²) in [6.07, 6.45) is 0. The standard InChI is InChI=1S/C22H8B2Cl8N4O2/c23-35-19(7-9(21(35)37)13(27)17(31)15(29)11(7)25)33-5-2-1-3-6(4-5)34-20-8-10(22(38)36(20)24)14(28)18(32)16(30)12(8)26/h1-4H,23-24H2/b33-19-,34-20-. The first-order chi connectivity index (χ1) is 17.9. The number of carbonyl (C=O) groups excluding carboxylic acids is 2. The third kappa shape index (κ3) is 4.13. The molecule has 16 heteroatoms. The summed E-state index contributed by atoms with van der Waals surface area (Å²) in [6, 6.07) is 6.71. The molecular formula is C22H8B2Cl8N4O2. The molecular weight excluding hydrogens is 658 g/mol. The number of hydrogen-bond acceptors (Lipinski definition) is 4. The first-order valence-corrected chi connectivity index (χ1v) is 13.4. The highest BCUT2D eigenvalue weighted by Crippen LogP contribution is 2.46. The number of fused-ring (bicyclic) bond motifs is 2. The second-order valence-corrected chi connectivity index (χ2v) is 11.2. The van der Waals surface area contributed by atoms with Gasteiger partial charge in [0.1, 0.15) is 11.7 Å². The predicted molar refractivity (Wildman–Crippen MR) is 161 cm³/mol. The summed E-state index contributed by atoms with van der Waals surface area (Å²) in [6.45, 7) is 0. The van der Waals surface area contributed by atoms with Gasteiger partial charge in [-0.2, -0.15) is 0 Å². The number of hydrogen-bond donors (Lipinski definition) is 0. The first-order valence-electron chi connectivity index (χ1n) is 10.4. The highest BCUT2D eigenvalue weighted by Gasteiger charge is 2.39. The van der Waals surface area contributed by atoms with Gasteiger partial charge in [0.2, 0.25) is 27.8 Å². The number of amides is 2. The van der Waals surface area contributed by atoms with Crippen LogP contribution in [0.15, 0.2) is 34.3 Å². The molecule has 190 valence electrons. The Kier molecular flexibility index (Phi) is 7.42. The summed E-state index contributed by atoms with van der Waals surface area (Å²) in [5, 5.41) is 0.0507. The van der Waals surface area contributed by atoms with Crippen LogP contribution in [0.2, 0.25) is 40.2 Å². The molecule has 2 amide bonds. The minimum Gasteiger partial charge on any atom is -0.346 e. The molecule has 0 fully saturated rings. The number of aliphatic imine (C=N–C) groups is 2. The third-order valence-corrected chi connectivity index (χ3v) is 9.56. The van der Waals surface area contributed by atoms with Crippen LogP contribution in [-0.4, -0.2) is 49.1 Å². The van der Waals surface area contributed by atoms with Gasteiger partial charge in [0.25, 0.3) is 0 Å². The number of benzene rings is 3. The smallest absolute Gasteiger partial charge is 0.249 e. The summed E-state index contributed by atoms with van der Waals surface area (Å²) in [5.74, 6) is -0.444. The molecule has 3 aromatic carbocycles. The largest absolute Gasteiger partial charge is 0.346 e. The molecule has 0 atom stereocenters. The van der Waals surface area contributed by atoms with Crippen molar-refractivity contribution in [2.45, 2.75) is 0 Å². The van der Waals surface area contributed by atoms with Gasteiger partial charge >= 0.3 is 0 Å². The van der Waals surface area contributed by atoms with Gasteiger partial charge in [-0.3, -0.25) is 9.59 Å². The molecule has 0 bridgehead atoms. The first kappa shape index (κ1) is 27.9. The zero-order chi connectivity index (χ0) is 27.8. The van der Waals surface area contributed by atoms with Gasteiger partial charge in [-0.25, -0.2) is 9.98 Å². The lowest BCUT2D eigenvalue weighted by Crippen LogP contribution is -2.27. The van der Waals surface area contributed by atoms with Crippen molar-refractivity contribution < 1.29 is 9.59 Å². The molecule has 0 aromatic heterocycles. The zero-order valence-corrected chi connectivity index (χ0v) is 25.0. The Labute approximate surface area is 257 Å². The molecule has 0 saturated carbocycles. The molecule has 0 spiro atoms. The number of rotatable bonds is 2. The van der Waals surface area contributed by atoms with E-state index in [1.807, 2.05) is 0 Å². The summed E-state index contributed by atoms with van der Waals surface area (Å²) >= 11 is 50.3. The Morgan fingerprint density at radius 3 is 1.18 bits per heavy atom. The second kappa shape index (κ2) is 10.1. The Morgan fingerprint density at radius 2 is 0.842 bits per heavy atom. The van der Waals surface area contributed by atoms with Crippen LogP contribution in [-0.2, 0) is 0 Å². The highest BCUT2D eigenvalue weighted by atomic mass is 35.5. The van der Waals surface area contributed by atoms with Crippen LogP contribution in [0, 0.1) is 0 Å². The van der Waals surface area contributed by atoms with Crippen molar-refractivity contribution in [3.63, 3.8) is 0 Å². The summed E-state index contributed by atoms with van der Waals surface area (Å²) in [4.78, 5) is 37.7. The number of amidine groups is 2. The van der Waals surface area contributed by atoms with Crippen LogP contribution >= 0.6 is 92.8 Å². The fourth-order valence-electron chi connectivity index (χ4n) is 4.09. The highest BCUT2D eigenvalue weighted by molar-refractivity contribution is 6.57. The van der Waals surface area contributed by atoms with E-state index >= 15 is 0 Å². The number of carbonyl (C=O) groups is 2. The third-order valence-electron chi connectivity index (χ3n) is 5.95. The van der Waals surface area contributed by atoms with Crippen LogP contribution < -0.4 is 0 Å². The SMILES string of the molecule is BN1C(=O)c2c(Cl)c(Cl)c(Cl)c(Cl)c2/C1=N/c1cccc(/N=C2/c3c(Cl)c(Cl)c(Cl)c(Cl)c3C(=O)N2B)c1. The maximum absolute atomic E-state index is 12.9. The normalized spacial score (nSPS) is 16.7. The van der Waals surface area contributed by atoms with Crippen LogP contribution in [0.5, 0.6) is 0 Å². The van der Waals surface area contributed by atoms with Crippen LogP contribution in [0.1, 0.15) is 31.8 Å². The van der Waals surface area contributed by atoms with Gasteiger partial charge in [0, 0.05) is 0 Å². The van der Waals surface area contributed by atoms with Gasteiger partial charge in [-0.05, 0) is 18.2 Å². The van der Waals surface area contributed by atoms with E-state index in [1.165, 1.54) is 25.6 Å². The fraction of sp³-hybridized carbons (Fsp3) is 0. The molecule has 2 aliphatic heterocycles. The Bertz CT molecular complexity index is 1580. The van der Waals surface area contributed by atoms with Gasteiger partial charge < -0.3 is 9.62 Å². The van der Waals surface area contributed by atoms with E-state index in [9.17, 15) is 9.59 Å². The topological polar surface area (TPSA) is 65.3 Å². The van der Waals surface area contributed by atoms with E-state index in [0.717, 1.165) is 0 Å². The van der Waals surface area contributed by atoms with Gasteiger partial charge in [-0.1, -0.05) is 98.9 Å². The average molecular weight is 666 g/mol. The molecule has 0 radical (unpaired) electrons. The number of nitrogens with zero attached hydrogens (tertiary/aromatic N) is 4. The molecule has 5 rings (SSSR count). The Balaban J connectivity index is 1.64. The van der Waals surface area contributed by atoms with Crippen molar-refractivity contribution in [1.82, 2.24) is 9.62 Å². The van der Waals surface area contributed by atoms with Crippen molar-refractivity contribution in [1.29, 1.82) is 0 Å². The van der Waals surface area contributed by atoms with E-state index in [-0.39, 0.29) is 74.1 Å². The van der Waals surface area contributed by atoms with Crippen LogP contribution in [0.4, 0.5) is 11.4 Å². The minimum atomic E-state index is -0.439. The summed E-state index contributed by atoms with van der Waals surface area (Å²) in [7, 11) is 3.05. The summed E-state index contributed by atoms with van der Waals surface area (Å²) < 4.78 is 0. The number of halogens is 8. The van der Waals surface area contributed by atoms with Crippen molar-refractivity contribution in [2.24, 2.45) is 9.98 Å². The predicted octanol–water partition coefficient (Wildman–Crippen LogP) is 7.08. The molecule has 3 aromatic rings. The summed E-state index contributed by atoms with van der Waals surface area (Å²) in [5.41, 5.74) is 1.56. The average Bonchev–Trinajstić information content (AvgIpc) is 3.29. The van der Waals surface area contributed by atoms with Gasteiger partial charge in [0.05, 0.1) is 73.8 Å². The molecule has 0 saturated heterocycles. The van der Waals surface area contributed by atoms with Gasteiger partial charge in [-0.15, -0.1) is 0 Å². The van der Waals surface area contributed by atoms with E-state index < -0.39 is 11.8 Å². The quantitative estimate of drug-likeness (QED) is 0.167.